The number of carbonyl (C=O) groups excluding carboxylic acids is 1. The summed E-state index contributed by atoms with van der Waals surface area (Å²) in [6, 6.07) is 11.3. The van der Waals surface area contributed by atoms with E-state index in [2.05, 4.69) is 0 Å². The number of Topliss-reactive ketones (excluding diaryl/α,β-unsaturated/α-hetero) is 1. The van der Waals surface area contributed by atoms with Crippen LogP contribution in [0.5, 0.6) is 17.2 Å². The zero-order chi connectivity index (χ0) is 36.7. The van der Waals surface area contributed by atoms with Gasteiger partial charge in [0.15, 0.2) is 24.5 Å². The zero-order valence-electron chi connectivity index (χ0n) is 27.1. The largest absolute Gasteiger partial charge is 0.507 e. The van der Waals surface area contributed by atoms with E-state index >= 15 is 0 Å². The number of ether oxygens (including phenoxy) is 7. The number of aliphatic hydroxyl groups is 9. The predicted octanol–water partition coefficient (Wildman–Crippen LogP) is -3.05. The number of hydrogen-bond acceptors (Lipinski definition) is 18. The van der Waals surface area contributed by atoms with Gasteiger partial charge in [-0.15, -0.1) is 0 Å². The zero-order valence-corrected chi connectivity index (χ0v) is 27.1. The van der Waals surface area contributed by atoms with Crippen LogP contribution in [0.2, 0.25) is 0 Å². The summed E-state index contributed by atoms with van der Waals surface area (Å²) in [5.41, 5.74) is 0.598. The number of hydrogen-bond donors (Lipinski definition) is 10. The summed E-state index contributed by atoms with van der Waals surface area (Å²) in [6.45, 7) is -0.248. The van der Waals surface area contributed by atoms with Gasteiger partial charge < -0.3 is 84.2 Å². The Hall–Kier alpha value is -3.05. The van der Waals surface area contributed by atoms with Crippen LogP contribution < -0.4 is 9.47 Å². The minimum atomic E-state index is -1.95. The molecule has 0 aromatic heterocycles. The monoisotopic (exact) mass is 726 g/mol. The summed E-state index contributed by atoms with van der Waals surface area (Å²) in [6.07, 6.45) is -26.0. The molecule has 4 aliphatic heterocycles. The number of ketones is 1. The van der Waals surface area contributed by atoms with Crippen LogP contribution in [0.15, 0.2) is 42.5 Å². The van der Waals surface area contributed by atoms with Crippen molar-refractivity contribution < 1.29 is 89.0 Å². The Balaban J connectivity index is 1.34. The van der Waals surface area contributed by atoms with Crippen molar-refractivity contribution in [2.24, 2.45) is 0 Å². The van der Waals surface area contributed by atoms with Crippen LogP contribution in [0.25, 0.3) is 0 Å². The molecule has 3 fully saturated rings. The van der Waals surface area contributed by atoms with Gasteiger partial charge in [-0.05, 0) is 12.5 Å². The van der Waals surface area contributed by atoms with Crippen LogP contribution >= 0.6 is 0 Å². The van der Waals surface area contributed by atoms with Crippen LogP contribution in [0.1, 0.15) is 35.4 Å². The molecule has 16 atom stereocenters. The van der Waals surface area contributed by atoms with Crippen LogP contribution in [-0.2, 0) is 23.7 Å². The summed E-state index contributed by atoms with van der Waals surface area (Å²) in [5.74, 6) is -1.12. The van der Waals surface area contributed by atoms with E-state index in [0.29, 0.717) is 5.56 Å². The van der Waals surface area contributed by atoms with E-state index in [0.717, 1.165) is 6.07 Å². The third-order valence-corrected chi connectivity index (χ3v) is 9.44. The van der Waals surface area contributed by atoms with E-state index in [4.69, 9.17) is 33.2 Å². The second-order valence-electron chi connectivity index (χ2n) is 12.9. The molecule has 51 heavy (non-hydrogen) atoms. The average molecular weight is 727 g/mol. The molecule has 0 spiro atoms. The van der Waals surface area contributed by atoms with E-state index < -0.39 is 123 Å². The van der Waals surface area contributed by atoms with E-state index in [9.17, 15) is 55.9 Å². The van der Waals surface area contributed by atoms with Crippen LogP contribution in [0, 0.1) is 0 Å². The van der Waals surface area contributed by atoms with Gasteiger partial charge in [0.2, 0.25) is 6.29 Å². The molecular weight excluding hydrogens is 684 g/mol. The fraction of sp³-hybridized carbons (Fsp3) is 0.606. The lowest BCUT2D eigenvalue weighted by molar-refractivity contribution is -0.383. The molecule has 18 nitrogen and oxygen atoms in total. The average Bonchev–Trinajstić information content (AvgIpc) is 3.11. The summed E-state index contributed by atoms with van der Waals surface area (Å²) < 4.78 is 40.9. The summed E-state index contributed by atoms with van der Waals surface area (Å²) in [7, 11) is 0. The molecule has 0 aliphatic carbocycles. The third kappa shape index (κ3) is 7.44. The van der Waals surface area contributed by atoms with Gasteiger partial charge in [0.25, 0.3) is 0 Å². The number of rotatable bonds is 9. The molecule has 4 aliphatic rings. The first-order valence-electron chi connectivity index (χ1n) is 16.4. The lowest BCUT2D eigenvalue weighted by Gasteiger charge is -2.48. The highest BCUT2D eigenvalue weighted by Crippen LogP contribution is 2.43. The molecule has 0 amide bonds. The van der Waals surface area contributed by atoms with Crippen molar-refractivity contribution in [1.82, 2.24) is 0 Å². The van der Waals surface area contributed by atoms with E-state index in [1.54, 1.807) is 30.3 Å². The predicted molar refractivity (Wildman–Crippen MR) is 165 cm³/mol. The van der Waals surface area contributed by atoms with Crippen molar-refractivity contribution in [3.63, 3.8) is 0 Å². The molecule has 0 bridgehead atoms. The Morgan fingerprint density at radius 1 is 0.706 bits per heavy atom. The number of phenolic OH excluding ortho intramolecular Hbond substituents is 1. The molecule has 6 rings (SSSR count). The topological polar surface area (TPSA) is 284 Å². The summed E-state index contributed by atoms with van der Waals surface area (Å²) >= 11 is 0. The lowest BCUT2D eigenvalue weighted by atomic mass is 9.95. The molecule has 0 unspecified atom stereocenters. The van der Waals surface area contributed by atoms with Crippen molar-refractivity contribution in [2.75, 3.05) is 13.2 Å². The molecule has 0 saturated carbocycles. The van der Waals surface area contributed by atoms with Gasteiger partial charge in [0.1, 0.15) is 90.0 Å². The van der Waals surface area contributed by atoms with Crippen molar-refractivity contribution in [3.05, 3.63) is 53.6 Å². The molecule has 282 valence electrons. The highest BCUT2D eigenvalue weighted by atomic mass is 16.8. The Labute approximate surface area is 290 Å². The number of fused-ring (bicyclic) bond motifs is 1. The van der Waals surface area contributed by atoms with Crippen LogP contribution in [0.4, 0.5) is 0 Å². The van der Waals surface area contributed by atoms with Gasteiger partial charge in [0, 0.05) is 12.1 Å². The standard InChI is InChI=1S/C33H42O18/c1-12-22(38)25(41)27(43)31(45-12)50-29-24(40)20(11-35)49-33(30(29)51-32-28(44)26(42)23(39)19(10-34)48-32)46-14-7-15(36)21-16(37)9-17(47-18(21)8-14)13-5-3-2-4-6-13/h2-8,12,17,19-20,22-36,38-44H,9-11H2,1H3/t12-,17-,19+,20+,22-,23+,24+,25+,26+,27+,28+,29-,30+,31-,32-,33-/m0/s1. The number of carbonyl (C=O) groups is 1. The van der Waals surface area contributed by atoms with Crippen LogP contribution in [0.3, 0.4) is 0 Å². The summed E-state index contributed by atoms with van der Waals surface area (Å²) in [4.78, 5) is 13.1. The Morgan fingerprint density at radius 2 is 1.29 bits per heavy atom. The van der Waals surface area contributed by atoms with E-state index in [1.807, 2.05) is 0 Å². The Bertz CT molecular complexity index is 1490. The van der Waals surface area contributed by atoms with Gasteiger partial charge in [-0.3, -0.25) is 4.79 Å². The molecule has 18 heteroatoms. The number of aromatic hydroxyl groups is 1. The van der Waals surface area contributed by atoms with Crippen molar-refractivity contribution in [3.8, 4) is 17.2 Å². The van der Waals surface area contributed by atoms with Gasteiger partial charge in [0.05, 0.1) is 25.7 Å². The second kappa shape index (κ2) is 15.5. The highest BCUT2D eigenvalue weighted by molar-refractivity contribution is 6.02. The maximum absolute atomic E-state index is 13.1. The number of aliphatic hydroxyl groups excluding tert-OH is 9. The van der Waals surface area contributed by atoms with Crippen molar-refractivity contribution in [2.45, 2.75) is 112 Å². The first-order valence-corrected chi connectivity index (χ1v) is 16.4. The number of phenols is 1. The van der Waals surface area contributed by atoms with Gasteiger partial charge in [-0.1, -0.05) is 30.3 Å². The lowest BCUT2D eigenvalue weighted by Crippen LogP contribution is -2.67. The molecule has 0 radical (unpaired) electrons. The molecule has 3 saturated heterocycles. The molecule has 2 aromatic carbocycles. The molecular formula is C33H42O18. The molecule has 4 heterocycles. The fourth-order valence-electron chi connectivity index (χ4n) is 6.52. The first kappa shape index (κ1) is 37.7. The maximum Gasteiger partial charge on any atom is 0.229 e. The molecule has 2 aromatic rings. The molecule has 10 N–H and O–H groups in total. The van der Waals surface area contributed by atoms with E-state index in [1.165, 1.54) is 13.0 Å². The number of benzene rings is 2. The summed E-state index contributed by atoms with van der Waals surface area (Å²) in [5, 5.41) is 105. The Kier molecular flexibility index (Phi) is 11.5. The second-order valence-corrected chi connectivity index (χ2v) is 12.9. The minimum absolute atomic E-state index is 0.0379. The van der Waals surface area contributed by atoms with Crippen molar-refractivity contribution in [1.29, 1.82) is 0 Å². The van der Waals surface area contributed by atoms with Gasteiger partial charge >= 0.3 is 0 Å². The van der Waals surface area contributed by atoms with Gasteiger partial charge in [-0.2, -0.15) is 0 Å². The Morgan fingerprint density at radius 3 is 1.96 bits per heavy atom. The smallest absolute Gasteiger partial charge is 0.229 e. The van der Waals surface area contributed by atoms with Crippen LogP contribution in [-0.4, -0.2) is 162 Å². The van der Waals surface area contributed by atoms with Crippen molar-refractivity contribution >= 4 is 5.78 Å². The third-order valence-electron chi connectivity index (χ3n) is 9.44. The van der Waals surface area contributed by atoms with Gasteiger partial charge in [-0.25, -0.2) is 0 Å². The fourth-order valence-corrected chi connectivity index (χ4v) is 6.52. The first-order chi connectivity index (χ1) is 24.3. The maximum atomic E-state index is 13.1. The van der Waals surface area contributed by atoms with E-state index in [-0.39, 0.29) is 23.5 Å². The minimum Gasteiger partial charge on any atom is -0.507 e. The normalized spacial score (nSPS) is 41.4. The quantitative estimate of drug-likeness (QED) is 0.123. The SMILES string of the molecule is C[C@@H]1O[C@@H](O[C@H]2[C@H](O)[C@@H](CO)O[C@H](Oc3cc(O)c4c(c3)O[C@H](c3ccccc3)CC4=O)[C@@H]2O[C@@H]2O[C@H](CO)[C@@H](O)[C@@H](O)[C@H]2O)[C@H](O)[C@H](O)[C@H]1O. The highest BCUT2D eigenvalue weighted by Gasteiger charge is 2.54.